The van der Waals surface area contributed by atoms with Gasteiger partial charge in [-0.3, -0.25) is 4.79 Å². The summed E-state index contributed by atoms with van der Waals surface area (Å²) in [6.45, 7) is 2.15. The molecule has 0 radical (unpaired) electrons. The van der Waals surface area contributed by atoms with E-state index in [2.05, 4.69) is 15.4 Å². The van der Waals surface area contributed by atoms with Crippen molar-refractivity contribution in [3.05, 3.63) is 72.8 Å². The van der Waals surface area contributed by atoms with E-state index in [4.69, 9.17) is 4.74 Å². The van der Waals surface area contributed by atoms with Crippen LogP contribution < -0.4 is 10.1 Å². The molecule has 122 valence electrons. The van der Waals surface area contributed by atoms with Crippen LogP contribution in [0.4, 0.5) is 0 Å². The van der Waals surface area contributed by atoms with Gasteiger partial charge < -0.3 is 10.1 Å². The summed E-state index contributed by atoms with van der Waals surface area (Å²) < 4.78 is 7.41. The highest BCUT2D eigenvalue weighted by Crippen LogP contribution is 2.24. The lowest BCUT2D eigenvalue weighted by molar-refractivity contribution is -0.124. The number of carbonyl (C=O) groups is 1. The molecule has 0 saturated heterocycles. The summed E-state index contributed by atoms with van der Waals surface area (Å²) in [5.41, 5.74) is 0.903. The maximum atomic E-state index is 12.2. The molecule has 6 heteroatoms. The summed E-state index contributed by atoms with van der Waals surface area (Å²) in [4.78, 5) is 16.1. The van der Waals surface area contributed by atoms with E-state index < -0.39 is 6.04 Å². The summed E-state index contributed by atoms with van der Waals surface area (Å²) in [7, 11) is 0. The molecule has 0 spiro atoms. The molecular weight excluding hydrogens is 304 g/mol. The maximum absolute atomic E-state index is 12.2. The van der Waals surface area contributed by atoms with Gasteiger partial charge in [-0.2, -0.15) is 5.10 Å². The van der Waals surface area contributed by atoms with Gasteiger partial charge in [0.1, 0.15) is 30.2 Å². The Kier molecular flexibility index (Phi) is 4.86. The zero-order valence-electron chi connectivity index (χ0n) is 13.3. The number of amides is 1. The standard InChI is InChI=1S/C18H18N4O2/c1-14(22-13-19-12-21-22)18(23)20-11-15-7-5-6-10-17(15)24-16-8-3-2-4-9-16/h2-10,12-14H,11H2,1H3,(H,20,23). The molecule has 0 saturated carbocycles. The quantitative estimate of drug-likeness (QED) is 0.757. The summed E-state index contributed by atoms with van der Waals surface area (Å²) in [5, 5.41) is 6.89. The molecule has 0 fully saturated rings. The average Bonchev–Trinajstić information content (AvgIpc) is 3.15. The lowest BCUT2D eigenvalue weighted by Crippen LogP contribution is -2.30. The lowest BCUT2D eigenvalue weighted by Gasteiger charge is -2.14. The number of carbonyl (C=O) groups excluding carboxylic acids is 1. The first kappa shape index (κ1) is 15.7. The van der Waals surface area contributed by atoms with E-state index >= 15 is 0 Å². The van der Waals surface area contributed by atoms with Crippen molar-refractivity contribution in [1.29, 1.82) is 0 Å². The van der Waals surface area contributed by atoms with Crippen molar-refractivity contribution in [2.75, 3.05) is 0 Å². The number of benzene rings is 2. The topological polar surface area (TPSA) is 69.0 Å². The average molecular weight is 322 g/mol. The van der Waals surface area contributed by atoms with Crippen LogP contribution in [-0.4, -0.2) is 20.7 Å². The zero-order valence-corrected chi connectivity index (χ0v) is 13.3. The minimum absolute atomic E-state index is 0.130. The van der Waals surface area contributed by atoms with E-state index in [1.54, 1.807) is 6.92 Å². The van der Waals surface area contributed by atoms with E-state index in [1.807, 2.05) is 54.6 Å². The van der Waals surface area contributed by atoms with E-state index in [0.29, 0.717) is 6.54 Å². The highest BCUT2D eigenvalue weighted by atomic mass is 16.5. The third-order valence-electron chi connectivity index (χ3n) is 3.61. The van der Waals surface area contributed by atoms with Crippen molar-refractivity contribution >= 4 is 5.91 Å². The van der Waals surface area contributed by atoms with Crippen LogP contribution in [0.3, 0.4) is 0 Å². The Hall–Kier alpha value is -3.15. The highest BCUT2D eigenvalue weighted by Gasteiger charge is 2.15. The molecule has 0 aliphatic rings. The van der Waals surface area contributed by atoms with Gasteiger partial charge in [0, 0.05) is 12.1 Å². The smallest absolute Gasteiger partial charge is 0.244 e. The Labute approximate surface area is 140 Å². The van der Waals surface area contributed by atoms with Gasteiger partial charge in [-0.15, -0.1) is 0 Å². The van der Waals surface area contributed by atoms with Crippen LogP contribution in [0.1, 0.15) is 18.5 Å². The normalized spacial score (nSPS) is 11.7. The van der Waals surface area contributed by atoms with Gasteiger partial charge in [-0.1, -0.05) is 36.4 Å². The summed E-state index contributed by atoms with van der Waals surface area (Å²) in [5.74, 6) is 1.35. The van der Waals surface area contributed by atoms with Gasteiger partial charge >= 0.3 is 0 Å². The highest BCUT2D eigenvalue weighted by molar-refractivity contribution is 5.79. The molecule has 1 N–H and O–H groups in total. The first-order valence-corrected chi connectivity index (χ1v) is 7.66. The fourth-order valence-electron chi connectivity index (χ4n) is 2.23. The number of ether oxygens (including phenoxy) is 1. The predicted molar refractivity (Wildman–Crippen MR) is 89.5 cm³/mol. The number of nitrogens with zero attached hydrogens (tertiary/aromatic N) is 3. The van der Waals surface area contributed by atoms with Crippen molar-refractivity contribution in [1.82, 2.24) is 20.1 Å². The van der Waals surface area contributed by atoms with Gasteiger partial charge in [0.15, 0.2) is 0 Å². The van der Waals surface area contributed by atoms with Crippen LogP contribution >= 0.6 is 0 Å². The van der Waals surface area contributed by atoms with Crippen molar-refractivity contribution in [3.8, 4) is 11.5 Å². The third kappa shape index (κ3) is 3.78. The van der Waals surface area contributed by atoms with E-state index in [-0.39, 0.29) is 5.91 Å². The van der Waals surface area contributed by atoms with Crippen molar-refractivity contribution in [3.63, 3.8) is 0 Å². The number of aromatic nitrogens is 3. The molecule has 1 amide bonds. The third-order valence-corrected chi connectivity index (χ3v) is 3.61. The van der Waals surface area contributed by atoms with Gasteiger partial charge in [0.2, 0.25) is 5.91 Å². The minimum atomic E-state index is -0.422. The molecule has 1 aromatic heterocycles. The van der Waals surface area contributed by atoms with E-state index in [0.717, 1.165) is 17.1 Å². The van der Waals surface area contributed by atoms with Gasteiger partial charge in [0.25, 0.3) is 0 Å². The Bertz CT molecular complexity index is 788. The van der Waals surface area contributed by atoms with Crippen LogP contribution in [0.15, 0.2) is 67.3 Å². The Morgan fingerprint density at radius 3 is 2.67 bits per heavy atom. The van der Waals surface area contributed by atoms with Crippen LogP contribution in [-0.2, 0) is 11.3 Å². The molecule has 1 heterocycles. The molecule has 1 unspecified atom stereocenters. The van der Waals surface area contributed by atoms with Crippen molar-refractivity contribution in [2.24, 2.45) is 0 Å². The van der Waals surface area contributed by atoms with Crippen molar-refractivity contribution < 1.29 is 9.53 Å². The first-order valence-electron chi connectivity index (χ1n) is 7.66. The molecule has 6 nitrogen and oxygen atoms in total. The number of hydrogen-bond acceptors (Lipinski definition) is 4. The number of hydrogen-bond donors (Lipinski definition) is 1. The molecule has 2 aromatic carbocycles. The molecule has 24 heavy (non-hydrogen) atoms. The van der Waals surface area contributed by atoms with Gasteiger partial charge in [0.05, 0.1) is 0 Å². The largest absolute Gasteiger partial charge is 0.457 e. The fourth-order valence-corrected chi connectivity index (χ4v) is 2.23. The molecule has 3 rings (SSSR count). The maximum Gasteiger partial charge on any atom is 0.244 e. The van der Waals surface area contributed by atoms with E-state index in [1.165, 1.54) is 17.3 Å². The second-order valence-electron chi connectivity index (χ2n) is 5.29. The van der Waals surface area contributed by atoms with Crippen LogP contribution in [0.5, 0.6) is 11.5 Å². The molecule has 1 atom stereocenters. The lowest BCUT2D eigenvalue weighted by atomic mass is 10.2. The van der Waals surface area contributed by atoms with Crippen LogP contribution in [0.2, 0.25) is 0 Å². The van der Waals surface area contributed by atoms with Gasteiger partial charge in [-0.25, -0.2) is 9.67 Å². The zero-order chi connectivity index (χ0) is 16.8. The number of rotatable bonds is 6. The Morgan fingerprint density at radius 2 is 1.92 bits per heavy atom. The molecule has 3 aromatic rings. The molecule has 0 aliphatic heterocycles. The second kappa shape index (κ2) is 7.41. The second-order valence-corrected chi connectivity index (χ2v) is 5.29. The van der Waals surface area contributed by atoms with Crippen LogP contribution in [0.25, 0.3) is 0 Å². The SMILES string of the molecule is CC(C(=O)NCc1ccccc1Oc1ccccc1)n1cncn1. The number of para-hydroxylation sites is 2. The Balaban J connectivity index is 1.66. The van der Waals surface area contributed by atoms with Crippen molar-refractivity contribution in [2.45, 2.75) is 19.5 Å². The summed E-state index contributed by atoms with van der Waals surface area (Å²) >= 11 is 0. The fraction of sp³-hybridized carbons (Fsp3) is 0.167. The number of nitrogens with one attached hydrogen (secondary N) is 1. The Morgan fingerprint density at radius 1 is 1.17 bits per heavy atom. The van der Waals surface area contributed by atoms with E-state index in [9.17, 15) is 4.79 Å². The summed E-state index contributed by atoms with van der Waals surface area (Å²) in [6.07, 6.45) is 2.93. The molecule has 0 bridgehead atoms. The van der Waals surface area contributed by atoms with Gasteiger partial charge in [-0.05, 0) is 25.1 Å². The molecule has 0 aliphatic carbocycles. The van der Waals surface area contributed by atoms with Crippen LogP contribution in [0, 0.1) is 0 Å². The minimum Gasteiger partial charge on any atom is -0.457 e. The predicted octanol–water partition coefficient (Wildman–Crippen LogP) is 2.95. The monoisotopic (exact) mass is 322 g/mol. The molecular formula is C18H18N4O2. The summed E-state index contributed by atoms with van der Waals surface area (Å²) in [6, 6.07) is 16.8. The first-order chi connectivity index (χ1) is 11.7.